The molecule has 1 aromatic rings. The zero-order chi connectivity index (χ0) is 16.3. The van der Waals surface area contributed by atoms with Gasteiger partial charge in [-0.25, -0.2) is 8.42 Å². The highest BCUT2D eigenvalue weighted by Crippen LogP contribution is 2.24. The summed E-state index contributed by atoms with van der Waals surface area (Å²) in [4.78, 5) is 0. The summed E-state index contributed by atoms with van der Waals surface area (Å²) in [6.07, 6.45) is 2.77. The van der Waals surface area contributed by atoms with Gasteiger partial charge in [-0.05, 0) is 19.3 Å². The third kappa shape index (κ3) is 4.09. The van der Waals surface area contributed by atoms with Crippen LogP contribution in [0, 0.1) is 0 Å². The molecule has 0 spiro atoms. The molecule has 1 aromatic heterocycles. The second-order valence-electron chi connectivity index (χ2n) is 5.87. The number of ether oxygens (including phenoxy) is 2. The molecule has 2 aliphatic rings. The van der Waals surface area contributed by atoms with Gasteiger partial charge in [0.2, 0.25) is 21.8 Å². The lowest BCUT2D eigenvalue weighted by atomic mass is 10.1. The molecule has 0 amide bonds. The van der Waals surface area contributed by atoms with Crippen molar-refractivity contribution in [2.45, 2.75) is 44.8 Å². The minimum absolute atomic E-state index is 0.0315. The maximum Gasteiger partial charge on any atom is 0.246 e. The summed E-state index contributed by atoms with van der Waals surface area (Å²) in [7, 11) is -3.38. The Morgan fingerprint density at radius 3 is 2.78 bits per heavy atom. The molecule has 0 aliphatic carbocycles. The molecule has 2 fully saturated rings. The van der Waals surface area contributed by atoms with Gasteiger partial charge >= 0.3 is 0 Å². The van der Waals surface area contributed by atoms with Crippen molar-refractivity contribution >= 4 is 10.0 Å². The third-order valence-corrected chi connectivity index (χ3v) is 6.06. The van der Waals surface area contributed by atoms with Crippen LogP contribution in [0.3, 0.4) is 0 Å². The van der Waals surface area contributed by atoms with E-state index in [-0.39, 0.29) is 18.4 Å². The van der Waals surface area contributed by atoms with Crippen molar-refractivity contribution in [2.24, 2.45) is 0 Å². The first-order valence-corrected chi connectivity index (χ1v) is 9.72. The fourth-order valence-electron chi connectivity index (χ4n) is 2.85. The number of aromatic nitrogens is 2. The fourth-order valence-corrected chi connectivity index (χ4v) is 4.51. The SMILES string of the molecule is CCc1nnc([C@H]2CN(S(=O)(=O)C[C@@H]3CCCCO3)CCO2)o1. The van der Waals surface area contributed by atoms with Crippen LogP contribution in [0.15, 0.2) is 4.42 Å². The van der Waals surface area contributed by atoms with E-state index in [0.29, 0.717) is 38.0 Å². The predicted molar refractivity (Wildman–Crippen MR) is 81.3 cm³/mol. The Labute approximate surface area is 136 Å². The summed E-state index contributed by atoms with van der Waals surface area (Å²) >= 11 is 0. The molecule has 2 aliphatic heterocycles. The van der Waals surface area contributed by atoms with E-state index < -0.39 is 16.1 Å². The van der Waals surface area contributed by atoms with E-state index in [1.165, 1.54) is 4.31 Å². The fraction of sp³-hybridized carbons (Fsp3) is 0.857. The number of hydrogen-bond donors (Lipinski definition) is 0. The van der Waals surface area contributed by atoms with E-state index in [4.69, 9.17) is 13.9 Å². The third-order valence-electron chi connectivity index (χ3n) is 4.15. The van der Waals surface area contributed by atoms with Gasteiger partial charge in [-0.2, -0.15) is 4.31 Å². The molecular weight excluding hydrogens is 322 g/mol. The summed E-state index contributed by atoms with van der Waals surface area (Å²) in [6, 6.07) is 0. The van der Waals surface area contributed by atoms with Crippen molar-refractivity contribution in [3.63, 3.8) is 0 Å². The lowest BCUT2D eigenvalue weighted by Gasteiger charge is -2.32. The van der Waals surface area contributed by atoms with Gasteiger partial charge in [-0.15, -0.1) is 10.2 Å². The number of rotatable bonds is 5. The van der Waals surface area contributed by atoms with Crippen LogP contribution in [0.2, 0.25) is 0 Å². The van der Waals surface area contributed by atoms with Crippen LogP contribution in [0.25, 0.3) is 0 Å². The van der Waals surface area contributed by atoms with Crippen molar-refractivity contribution in [2.75, 3.05) is 32.1 Å². The Hall–Kier alpha value is -1.03. The van der Waals surface area contributed by atoms with E-state index in [0.717, 1.165) is 19.3 Å². The van der Waals surface area contributed by atoms with Crippen LogP contribution in [-0.2, 0) is 25.9 Å². The molecule has 0 unspecified atom stereocenters. The summed E-state index contributed by atoms with van der Waals surface area (Å²) in [5, 5.41) is 7.86. The predicted octanol–water partition coefficient (Wildman–Crippen LogP) is 0.904. The molecule has 0 radical (unpaired) electrons. The quantitative estimate of drug-likeness (QED) is 0.782. The standard InChI is InChI=1S/C14H23N3O5S/c1-2-13-15-16-14(22-13)12-9-17(6-8-21-12)23(18,19)10-11-5-3-4-7-20-11/h11-12H,2-10H2,1H3/t11-,12+/m0/s1. The van der Waals surface area contributed by atoms with Crippen LogP contribution in [0.4, 0.5) is 0 Å². The molecular formula is C14H23N3O5S. The first kappa shape index (κ1) is 16.8. The largest absolute Gasteiger partial charge is 0.422 e. The summed E-state index contributed by atoms with van der Waals surface area (Å²) in [6.45, 7) is 3.44. The summed E-state index contributed by atoms with van der Waals surface area (Å²) in [5.41, 5.74) is 0. The van der Waals surface area contributed by atoms with Crippen LogP contribution >= 0.6 is 0 Å². The highest BCUT2D eigenvalue weighted by Gasteiger charge is 2.34. The minimum Gasteiger partial charge on any atom is -0.422 e. The Morgan fingerprint density at radius 2 is 2.09 bits per heavy atom. The molecule has 2 atom stereocenters. The van der Waals surface area contributed by atoms with E-state index >= 15 is 0 Å². The molecule has 3 rings (SSSR count). The molecule has 2 saturated heterocycles. The molecule has 0 saturated carbocycles. The molecule has 0 aromatic carbocycles. The lowest BCUT2D eigenvalue weighted by molar-refractivity contribution is -0.0188. The Bertz CT molecular complexity index is 612. The van der Waals surface area contributed by atoms with Gasteiger partial charge in [-0.3, -0.25) is 0 Å². The minimum atomic E-state index is -3.38. The molecule has 8 nitrogen and oxygen atoms in total. The normalized spacial score (nSPS) is 27.2. The number of aryl methyl sites for hydroxylation is 1. The Kier molecular flexibility index (Phi) is 5.30. The number of hydrogen-bond acceptors (Lipinski definition) is 7. The first-order chi connectivity index (χ1) is 11.1. The number of nitrogens with zero attached hydrogens (tertiary/aromatic N) is 3. The van der Waals surface area contributed by atoms with Gasteiger partial charge in [0.1, 0.15) is 6.10 Å². The van der Waals surface area contributed by atoms with Gasteiger partial charge in [0.15, 0.2) is 0 Å². The molecule has 23 heavy (non-hydrogen) atoms. The Balaban J connectivity index is 1.64. The molecule has 9 heteroatoms. The van der Waals surface area contributed by atoms with Gasteiger partial charge in [-0.1, -0.05) is 6.92 Å². The maximum absolute atomic E-state index is 12.6. The van der Waals surface area contributed by atoms with Gasteiger partial charge in [0.25, 0.3) is 0 Å². The average Bonchev–Trinajstić information content (AvgIpc) is 3.05. The molecule has 0 bridgehead atoms. The zero-order valence-corrected chi connectivity index (χ0v) is 14.1. The van der Waals surface area contributed by atoms with Gasteiger partial charge in [0.05, 0.1) is 18.5 Å². The highest BCUT2D eigenvalue weighted by molar-refractivity contribution is 7.89. The highest BCUT2D eigenvalue weighted by atomic mass is 32.2. The van der Waals surface area contributed by atoms with E-state index in [9.17, 15) is 8.42 Å². The smallest absolute Gasteiger partial charge is 0.246 e. The second-order valence-corrected chi connectivity index (χ2v) is 7.89. The Morgan fingerprint density at radius 1 is 1.22 bits per heavy atom. The maximum atomic E-state index is 12.6. The molecule has 130 valence electrons. The topological polar surface area (TPSA) is 94.8 Å². The van der Waals surface area contributed by atoms with E-state index in [2.05, 4.69) is 10.2 Å². The zero-order valence-electron chi connectivity index (χ0n) is 13.3. The van der Waals surface area contributed by atoms with Crippen LogP contribution in [0.5, 0.6) is 0 Å². The van der Waals surface area contributed by atoms with Crippen molar-refractivity contribution in [1.29, 1.82) is 0 Å². The van der Waals surface area contributed by atoms with E-state index in [1.807, 2.05) is 6.92 Å². The summed E-state index contributed by atoms with van der Waals surface area (Å²) < 4.78 is 43.3. The molecule has 0 N–H and O–H groups in total. The van der Waals surface area contributed by atoms with Gasteiger partial charge < -0.3 is 13.9 Å². The van der Waals surface area contributed by atoms with Crippen LogP contribution < -0.4 is 0 Å². The van der Waals surface area contributed by atoms with Crippen molar-refractivity contribution in [3.05, 3.63) is 11.8 Å². The monoisotopic (exact) mass is 345 g/mol. The van der Waals surface area contributed by atoms with E-state index in [1.54, 1.807) is 0 Å². The lowest BCUT2D eigenvalue weighted by Crippen LogP contribution is -2.45. The summed E-state index contributed by atoms with van der Waals surface area (Å²) in [5.74, 6) is 0.902. The van der Waals surface area contributed by atoms with Gasteiger partial charge in [0, 0.05) is 26.1 Å². The van der Waals surface area contributed by atoms with Crippen molar-refractivity contribution < 1.29 is 22.3 Å². The second kappa shape index (κ2) is 7.25. The number of sulfonamides is 1. The van der Waals surface area contributed by atoms with Crippen LogP contribution in [0.1, 0.15) is 44.1 Å². The molecule has 3 heterocycles. The first-order valence-electron chi connectivity index (χ1n) is 8.12. The van der Waals surface area contributed by atoms with Crippen LogP contribution in [-0.4, -0.2) is 61.1 Å². The van der Waals surface area contributed by atoms with Crippen molar-refractivity contribution in [3.8, 4) is 0 Å². The number of morpholine rings is 1. The average molecular weight is 345 g/mol. The van der Waals surface area contributed by atoms with Crippen molar-refractivity contribution in [1.82, 2.24) is 14.5 Å².